The monoisotopic (exact) mass is 538 g/mol. The van der Waals surface area contributed by atoms with Crippen molar-refractivity contribution in [2.24, 2.45) is 5.73 Å². The molecule has 198 valence electrons. The van der Waals surface area contributed by atoms with Crippen molar-refractivity contribution in [1.29, 1.82) is 0 Å². The van der Waals surface area contributed by atoms with Crippen molar-refractivity contribution >= 4 is 28.3 Å². The molecular weight excluding hydrogens is 508 g/mol. The lowest BCUT2D eigenvalue weighted by Crippen LogP contribution is -2.53. The van der Waals surface area contributed by atoms with Gasteiger partial charge in [-0.3, -0.25) is 14.7 Å². The summed E-state index contributed by atoms with van der Waals surface area (Å²) in [4.78, 5) is 30.2. The second-order valence-electron chi connectivity index (χ2n) is 9.74. The van der Waals surface area contributed by atoms with E-state index in [1.807, 2.05) is 59.2 Å². The van der Waals surface area contributed by atoms with Crippen molar-refractivity contribution < 1.29 is 9.53 Å². The highest BCUT2D eigenvalue weighted by Gasteiger charge is 2.25. The Hall–Kier alpha value is -4.05. The van der Waals surface area contributed by atoms with Crippen LogP contribution in [0.3, 0.4) is 0 Å². The van der Waals surface area contributed by atoms with Crippen molar-refractivity contribution in [1.82, 2.24) is 24.8 Å². The number of carbonyl (C=O) groups excluding carboxylic acids is 1. The lowest BCUT2D eigenvalue weighted by atomic mass is 10.0. The van der Waals surface area contributed by atoms with Crippen LogP contribution in [0.25, 0.3) is 21.5 Å². The fourth-order valence-corrected chi connectivity index (χ4v) is 5.66. The fraction of sp³-hybridized carbons (Fsp3) is 0.233. The number of piperazine rings is 1. The van der Waals surface area contributed by atoms with Crippen LogP contribution in [0, 0.1) is 0 Å². The molecule has 8 nitrogen and oxygen atoms in total. The van der Waals surface area contributed by atoms with Gasteiger partial charge in [0, 0.05) is 56.9 Å². The quantitative estimate of drug-likeness (QED) is 0.297. The lowest BCUT2D eigenvalue weighted by Gasteiger charge is -2.36. The Labute approximate surface area is 231 Å². The maximum atomic E-state index is 13.0. The number of nitrogens with two attached hydrogens (primary N) is 1. The molecule has 2 aromatic carbocycles. The van der Waals surface area contributed by atoms with Crippen molar-refractivity contribution in [3.8, 4) is 21.9 Å². The number of rotatable bonds is 8. The number of nitrogens with zero attached hydrogens (tertiary/aromatic N) is 4. The number of fused-ring (bicyclic) bond motifs is 1. The molecule has 1 fully saturated rings. The summed E-state index contributed by atoms with van der Waals surface area (Å²) in [6.07, 6.45) is 5.98. The minimum atomic E-state index is -0.570. The summed E-state index contributed by atoms with van der Waals surface area (Å²) in [5, 5.41) is 0.919. The highest BCUT2D eigenvalue weighted by Crippen LogP contribution is 2.37. The minimum Gasteiger partial charge on any atom is -0.457 e. The van der Waals surface area contributed by atoms with E-state index >= 15 is 0 Å². The van der Waals surface area contributed by atoms with Gasteiger partial charge in [-0.25, -0.2) is 4.98 Å². The maximum absolute atomic E-state index is 13.0. The number of benzene rings is 2. The molecule has 0 saturated carbocycles. The number of hydrogen-bond acceptors (Lipinski definition) is 7. The van der Waals surface area contributed by atoms with Gasteiger partial charge in [0.25, 0.3) is 0 Å². The summed E-state index contributed by atoms with van der Waals surface area (Å²) in [7, 11) is 0. The van der Waals surface area contributed by atoms with Crippen molar-refractivity contribution in [2.45, 2.75) is 19.0 Å². The van der Waals surface area contributed by atoms with Crippen LogP contribution in [0.4, 0.5) is 0 Å². The highest BCUT2D eigenvalue weighted by atomic mass is 32.1. The van der Waals surface area contributed by atoms with Crippen molar-refractivity contribution in [3.63, 3.8) is 0 Å². The Balaban J connectivity index is 1.06. The van der Waals surface area contributed by atoms with Gasteiger partial charge in [-0.05, 0) is 35.7 Å². The van der Waals surface area contributed by atoms with Crippen LogP contribution in [0.2, 0.25) is 0 Å². The number of amides is 1. The van der Waals surface area contributed by atoms with Gasteiger partial charge in [-0.2, -0.15) is 0 Å². The number of hydrogen-bond donors (Lipinski definition) is 2. The topological polar surface area (TPSA) is 100 Å². The molecule has 3 aromatic heterocycles. The average Bonchev–Trinajstić information content (AvgIpc) is 3.65. The van der Waals surface area contributed by atoms with Gasteiger partial charge >= 0.3 is 0 Å². The number of nitrogens with one attached hydrogen (secondary N) is 1. The summed E-state index contributed by atoms with van der Waals surface area (Å²) in [6, 6.07) is 19.5. The smallest absolute Gasteiger partial charge is 0.239 e. The average molecular weight is 539 g/mol. The van der Waals surface area contributed by atoms with E-state index in [9.17, 15) is 4.79 Å². The van der Waals surface area contributed by atoms with Crippen LogP contribution in [0.5, 0.6) is 11.5 Å². The van der Waals surface area contributed by atoms with Crippen LogP contribution in [0.1, 0.15) is 11.1 Å². The van der Waals surface area contributed by atoms with E-state index < -0.39 is 6.04 Å². The first-order valence-electron chi connectivity index (χ1n) is 13.1. The minimum absolute atomic E-state index is 0.0110. The molecule has 0 unspecified atom stereocenters. The molecule has 0 bridgehead atoms. The van der Waals surface area contributed by atoms with Gasteiger partial charge in [-0.1, -0.05) is 42.5 Å². The predicted octanol–water partition coefficient (Wildman–Crippen LogP) is 4.69. The Morgan fingerprint density at radius 2 is 1.82 bits per heavy atom. The molecular formula is C30H30N6O2S. The number of thiazole rings is 1. The van der Waals surface area contributed by atoms with E-state index in [-0.39, 0.29) is 5.91 Å². The maximum Gasteiger partial charge on any atom is 0.239 e. The van der Waals surface area contributed by atoms with E-state index in [4.69, 9.17) is 10.5 Å². The highest BCUT2D eigenvalue weighted by molar-refractivity contribution is 7.13. The fourth-order valence-electron chi connectivity index (χ4n) is 5.02. The zero-order valence-corrected chi connectivity index (χ0v) is 22.3. The molecule has 4 heterocycles. The van der Waals surface area contributed by atoms with Gasteiger partial charge in [0.1, 0.15) is 17.1 Å². The number of pyridine rings is 1. The SMILES string of the molecule is N[C@@H](Cc1ccc(Oc2ccnc3[nH]cc(-c4cncs4)c23)cc1)C(=O)N1CCN(Cc2ccccc2)CC1. The molecule has 6 rings (SSSR count). The third kappa shape index (κ3) is 5.70. The first kappa shape index (κ1) is 25.2. The van der Waals surface area contributed by atoms with E-state index in [1.54, 1.807) is 17.5 Å². The van der Waals surface area contributed by atoms with Gasteiger partial charge < -0.3 is 20.4 Å². The Kier molecular flexibility index (Phi) is 7.36. The van der Waals surface area contributed by atoms with Gasteiger partial charge in [0.05, 0.1) is 21.8 Å². The largest absolute Gasteiger partial charge is 0.457 e. The molecule has 1 aliphatic heterocycles. The molecule has 1 atom stereocenters. The Bertz CT molecular complexity index is 1530. The van der Waals surface area contributed by atoms with Crippen molar-refractivity contribution in [2.75, 3.05) is 26.2 Å². The summed E-state index contributed by atoms with van der Waals surface area (Å²) < 4.78 is 6.26. The zero-order valence-electron chi connectivity index (χ0n) is 21.5. The second kappa shape index (κ2) is 11.4. The molecule has 1 saturated heterocycles. The van der Waals surface area contributed by atoms with E-state index in [1.165, 1.54) is 5.56 Å². The molecule has 5 aromatic rings. The molecule has 9 heteroatoms. The zero-order chi connectivity index (χ0) is 26.6. The second-order valence-corrected chi connectivity index (χ2v) is 10.6. The van der Waals surface area contributed by atoms with Crippen LogP contribution < -0.4 is 10.5 Å². The van der Waals surface area contributed by atoms with E-state index in [0.29, 0.717) is 25.3 Å². The van der Waals surface area contributed by atoms with Gasteiger partial charge in [0.2, 0.25) is 5.91 Å². The number of ether oxygens (including phenoxy) is 1. The lowest BCUT2D eigenvalue weighted by molar-refractivity contribution is -0.134. The summed E-state index contributed by atoms with van der Waals surface area (Å²) in [5.74, 6) is 1.43. The molecule has 0 radical (unpaired) electrons. The molecule has 0 spiro atoms. The van der Waals surface area contributed by atoms with Crippen LogP contribution >= 0.6 is 11.3 Å². The van der Waals surface area contributed by atoms with Gasteiger partial charge in [0.15, 0.2) is 0 Å². The molecule has 1 amide bonds. The normalized spacial score (nSPS) is 14.9. The molecule has 1 aliphatic rings. The number of aromatic nitrogens is 3. The van der Waals surface area contributed by atoms with Crippen molar-refractivity contribution in [3.05, 3.63) is 95.9 Å². The third-order valence-electron chi connectivity index (χ3n) is 7.09. The Morgan fingerprint density at radius 1 is 1.03 bits per heavy atom. The van der Waals surface area contributed by atoms with E-state index in [0.717, 1.165) is 52.4 Å². The number of H-pyrrole nitrogens is 1. The molecule has 3 N–H and O–H groups in total. The number of aromatic amines is 1. The van der Waals surface area contributed by atoms with E-state index in [2.05, 4.69) is 44.1 Å². The molecule has 0 aliphatic carbocycles. The number of carbonyl (C=O) groups is 1. The first-order valence-corrected chi connectivity index (χ1v) is 13.9. The molecule has 39 heavy (non-hydrogen) atoms. The first-order chi connectivity index (χ1) is 19.1. The van der Waals surface area contributed by atoms with Crippen LogP contribution in [0.15, 0.2) is 84.8 Å². The standard InChI is InChI=1S/C30H30N6O2S/c31-25(30(37)36-14-12-35(13-15-36)19-22-4-2-1-3-5-22)16-21-6-8-23(9-7-21)38-26-10-11-33-29-28(26)24(17-34-29)27-18-32-20-39-27/h1-11,17-18,20,25H,12-16,19,31H2,(H,33,34)/t25-/m0/s1. The summed E-state index contributed by atoms with van der Waals surface area (Å²) in [6.45, 7) is 4.02. The third-order valence-corrected chi connectivity index (χ3v) is 7.90. The van der Waals surface area contributed by atoms with Gasteiger partial charge in [-0.15, -0.1) is 11.3 Å². The summed E-state index contributed by atoms with van der Waals surface area (Å²) in [5.41, 5.74) is 12.2. The Morgan fingerprint density at radius 3 is 2.56 bits per heavy atom. The predicted molar refractivity (Wildman–Crippen MR) is 154 cm³/mol. The van der Waals surface area contributed by atoms with Crippen LogP contribution in [-0.4, -0.2) is 62.9 Å². The summed E-state index contributed by atoms with van der Waals surface area (Å²) >= 11 is 1.57. The van der Waals surface area contributed by atoms with Crippen LogP contribution in [-0.2, 0) is 17.8 Å².